The number of fused-ring (bicyclic) bond motifs is 1. The SMILES string of the molecule is N#CC(Cl)CSc1nc2ccccc2o1. The molecule has 2 rings (SSSR count). The summed E-state index contributed by atoms with van der Waals surface area (Å²) >= 11 is 7.01. The van der Waals surface area contributed by atoms with Gasteiger partial charge in [0.1, 0.15) is 10.9 Å². The molecule has 0 saturated heterocycles. The zero-order chi connectivity index (χ0) is 10.7. The zero-order valence-electron chi connectivity index (χ0n) is 7.68. The summed E-state index contributed by atoms with van der Waals surface area (Å²) in [4.78, 5) is 4.25. The number of hydrogen-bond acceptors (Lipinski definition) is 4. The minimum Gasteiger partial charge on any atom is -0.431 e. The monoisotopic (exact) mass is 238 g/mol. The minimum absolute atomic E-state index is 0.477. The third-order valence-corrected chi connectivity index (χ3v) is 3.12. The van der Waals surface area contributed by atoms with Crippen molar-refractivity contribution in [2.75, 3.05) is 5.75 Å². The van der Waals surface area contributed by atoms with Crippen molar-refractivity contribution < 1.29 is 4.42 Å². The van der Waals surface area contributed by atoms with Crippen molar-refractivity contribution in [3.05, 3.63) is 24.3 Å². The van der Waals surface area contributed by atoms with Gasteiger partial charge in [-0.15, -0.1) is 11.6 Å². The van der Waals surface area contributed by atoms with E-state index in [2.05, 4.69) is 4.98 Å². The van der Waals surface area contributed by atoms with Gasteiger partial charge in [-0.1, -0.05) is 23.9 Å². The maximum atomic E-state index is 8.51. The number of rotatable bonds is 3. The molecule has 1 unspecified atom stereocenters. The van der Waals surface area contributed by atoms with Crippen LogP contribution in [-0.4, -0.2) is 16.1 Å². The second-order valence-corrected chi connectivity index (χ2v) is 4.35. The Morgan fingerprint density at radius 1 is 1.53 bits per heavy atom. The summed E-state index contributed by atoms with van der Waals surface area (Å²) in [7, 11) is 0. The Bertz CT molecular complexity index is 472. The van der Waals surface area contributed by atoms with Crippen LogP contribution in [0.15, 0.2) is 33.9 Å². The molecule has 3 nitrogen and oxygen atoms in total. The fourth-order valence-corrected chi connectivity index (χ4v) is 1.96. The highest BCUT2D eigenvalue weighted by Crippen LogP contribution is 2.24. The molecule has 1 aromatic carbocycles. The van der Waals surface area contributed by atoms with Crippen LogP contribution in [0.1, 0.15) is 0 Å². The molecular formula is C10H7ClN2OS. The minimum atomic E-state index is -0.509. The molecule has 1 heterocycles. The number of nitrogens with zero attached hydrogens (tertiary/aromatic N) is 2. The third kappa shape index (κ3) is 2.44. The second kappa shape index (κ2) is 4.56. The molecular weight excluding hydrogens is 232 g/mol. The number of thioether (sulfide) groups is 1. The molecule has 15 heavy (non-hydrogen) atoms. The van der Waals surface area contributed by atoms with E-state index in [4.69, 9.17) is 21.3 Å². The lowest BCUT2D eigenvalue weighted by Crippen LogP contribution is -1.96. The van der Waals surface area contributed by atoms with Crippen molar-refractivity contribution in [1.29, 1.82) is 5.26 Å². The summed E-state index contributed by atoms with van der Waals surface area (Å²) in [6.07, 6.45) is 0. The summed E-state index contributed by atoms with van der Waals surface area (Å²) < 4.78 is 5.45. The Kier molecular flexibility index (Phi) is 3.14. The van der Waals surface area contributed by atoms with E-state index in [-0.39, 0.29) is 0 Å². The lowest BCUT2D eigenvalue weighted by molar-refractivity contribution is 0.489. The van der Waals surface area contributed by atoms with Crippen LogP contribution in [0.5, 0.6) is 0 Å². The van der Waals surface area contributed by atoms with Gasteiger partial charge in [0.2, 0.25) is 0 Å². The molecule has 0 aliphatic heterocycles. The Balaban J connectivity index is 2.13. The molecule has 0 aliphatic rings. The van der Waals surface area contributed by atoms with E-state index in [0.29, 0.717) is 11.0 Å². The van der Waals surface area contributed by atoms with Gasteiger partial charge in [-0.3, -0.25) is 0 Å². The molecule has 1 aromatic heterocycles. The van der Waals surface area contributed by atoms with E-state index in [1.54, 1.807) is 0 Å². The van der Waals surface area contributed by atoms with Gasteiger partial charge < -0.3 is 4.42 Å². The highest BCUT2D eigenvalue weighted by molar-refractivity contribution is 7.99. The molecule has 0 amide bonds. The molecule has 0 bridgehead atoms. The lowest BCUT2D eigenvalue weighted by Gasteiger charge is -1.94. The highest BCUT2D eigenvalue weighted by atomic mass is 35.5. The first-order chi connectivity index (χ1) is 7.29. The third-order valence-electron chi connectivity index (χ3n) is 1.77. The molecule has 76 valence electrons. The van der Waals surface area contributed by atoms with Gasteiger partial charge in [-0.2, -0.15) is 5.26 Å². The summed E-state index contributed by atoms with van der Waals surface area (Å²) in [5.74, 6) is 0.477. The predicted octanol–water partition coefficient (Wildman–Crippen LogP) is 3.05. The lowest BCUT2D eigenvalue weighted by atomic mass is 10.3. The number of nitriles is 1. The summed E-state index contributed by atoms with van der Waals surface area (Å²) in [5, 5.41) is 8.55. The van der Waals surface area contributed by atoms with Crippen molar-refractivity contribution in [3.8, 4) is 6.07 Å². The van der Waals surface area contributed by atoms with E-state index in [9.17, 15) is 0 Å². The molecule has 5 heteroatoms. The maximum absolute atomic E-state index is 8.51. The number of hydrogen-bond donors (Lipinski definition) is 0. The molecule has 2 aromatic rings. The quantitative estimate of drug-likeness (QED) is 0.609. The number of alkyl halides is 1. The Hall–Kier alpha value is -1.18. The van der Waals surface area contributed by atoms with Crippen molar-refractivity contribution in [1.82, 2.24) is 4.98 Å². The second-order valence-electron chi connectivity index (χ2n) is 2.86. The molecule has 0 N–H and O–H groups in total. The van der Waals surface area contributed by atoms with Crippen LogP contribution in [-0.2, 0) is 0 Å². The van der Waals surface area contributed by atoms with Crippen LogP contribution in [0.25, 0.3) is 11.1 Å². The highest BCUT2D eigenvalue weighted by Gasteiger charge is 2.08. The van der Waals surface area contributed by atoms with Crippen LogP contribution >= 0.6 is 23.4 Å². The van der Waals surface area contributed by atoms with Crippen molar-refractivity contribution in [3.63, 3.8) is 0 Å². The smallest absolute Gasteiger partial charge is 0.256 e. The number of benzene rings is 1. The molecule has 0 saturated carbocycles. The van der Waals surface area contributed by atoms with E-state index < -0.39 is 5.38 Å². The van der Waals surface area contributed by atoms with E-state index in [1.807, 2.05) is 30.3 Å². The molecule has 0 fully saturated rings. The van der Waals surface area contributed by atoms with Crippen molar-refractivity contribution >= 4 is 34.5 Å². The Labute approximate surface area is 96.0 Å². The van der Waals surface area contributed by atoms with Crippen LogP contribution in [0.2, 0.25) is 0 Å². The fourth-order valence-electron chi connectivity index (χ4n) is 1.09. The molecule has 0 spiro atoms. The van der Waals surface area contributed by atoms with Crippen LogP contribution in [0.3, 0.4) is 0 Å². The van der Waals surface area contributed by atoms with E-state index in [0.717, 1.165) is 11.1 Å². The maximum Gasteiger partial charge on any atom is 0.256 e. The van der Waals surface area contributed by atoms with Gasteiger partial charge in [0.25, 0.3) is 5.22 Å². The summed E-state index contributed by atoms with van der Waals surface area (Å²) in [6, 6.07) is 9.47. The number of oxazole rings is 1. The van der Waals surface area contributed by atoms with Gasteiger partial charge in [-0.25, -0.2) is 4.98 Å². The molecule has 0 radical (unpaired) electrons. The first kappa shape index (κ1) is 10.3. The van der Waals surface area contributed by atoms with Crippen molar-refractivity contribution in [2.45, 2.75) is 10.6 Å². The van der Waals surface area contributed by atoms with Crippen LogP contribution in [0, 0.1) is 11.3 Å². The average molecular weight is 239 g/mol. The number of para-hydroxylation sites is 2. The summed E-state index contributed by atoms with van der Waals surface area (Å²) in [5.41, 5.74) is 1.58. The topological polar surface area (TPSA) is 49.8 Å². The van der Waals surface area contributed by atoms with E-state index >= 15 is 0 Å². The molecule has 1 atom stereocenters. The Morgan fingerprint density at radius 2 is 2.33 bits per heavy atom. The van der Waals surface area contributed by atoms with Crippen LogP contribution in [0.4, 0.5) is 0 Å². The Morgan fingerprint density at radius 3 is 3.07 bits per heavy atom. The number of halogens is 1. The summed E-state index contributed by atoms with van der Waals surface area (Å²) in [6.45, 7) is 0. The average Bonchev–Trinajstić information content (AvgIpc) is 2.68. The van der Waals surface area contributed by atoms with Gasteiger partial charge in [0, 0.05) is 5.75 Å². The normalized spacial score (nSPS) is 12.5. The van der Waals surface area contributed by atoms with Gasteiger partial charge >= 0.3 is 0 Å². The predicted molar refractivity (Wildman–Crippen MR) is 60.0 cm³/mol. The zero-order valence-corrected chi connectivity index (χ0v) is 9.26. The van der Waals surface area contributed by atoms with Gasteiger partial charge in [0.05, 0.1) is 6.07 Å². The first-order valence-electron chi connectivity index (χ1n) is 4.31. The van der Waals surface area contributed by atoms with Crippen molar-refractivity contribution in [2.24, 2.45) is 0 Å². The molecule has 0 aliphatic carbocycles. The first-order valence-corrected chi connectivity index (χ1v) is 5.74. The van der Waals surface area contributed by atoms with Crippen LogP contribution < -0.4 is 0 Å². The van der Waals surface area contributed by atoms with E-state index in [1.165, 1.54) is 11.8 Å². The largest absolute Gasteiger partial charge is 0.431 e. The van der Waals surface area contributed by atoms with Gasteiger partial charge in [0.15, 0.2) is 5.58 Å². The fraction of sp³-hybridized carbons (Fsp3) is 0.200. The number of aromatic nitrogens is 1. The van der Waals surface area contributed by atoms with Gasteiger partial charge in [-0.05, 0) is 12.1 Å². The standard InChI is InChI=1S/C10H7ClN2OS/c11-7(5-12)6-15-10-13-8-3-1-2-4-9(8)14-10/h1-4,7H,6H2.